The Hall–Kier alpha value is -0.760. The summed E-state index contributed by atoms with van der Waals surface area (Å²) in [4.78, 5) is 0. The van der Waals surface area contributed by atoms with E-state index in [1.165, 1.54) is 31.4 Å². The lowest BCUT2D eigenvalue weighted by Crippen LogP contribution is -2.01. The highest BCUT2D eigenvalue weighted by molar-refractivity contribution is 5.07. The molecule has 0 amide bonds. The van der Waals surface area contributed by atoms with Crippen molar-refractivity contribution in [3.8, 4) is 0 Å². The van der Waals surface area contributed by atoms with E-state index in [0.717, 1.165) is 19.4 Å². The SMILES string of the molecule is CCCc1cccn1CCCCCCO. The fraction of sp³-hybridized carbons (Fsp3) is 0.692. The van der Waals surface area contributed by atoms with E-state index >= 15 is 0 Å². The summed E-state index contributed by atoms with van der Waals surface area (Å²) in [6.45, 7) is 3.69. The standard InChI is InChI=1S/C13H23NO/c1-2-8-13-9-7-11-14(13)10-5-3-4-6-12-15/h7,9,11,15H,2-6,8,10,12H2,1H3. The minimum atomic E-state index is 0.338. The van der Waals surface area contributed by atoms with Crippen molar-refractivity contribution in [1.82, 2.24) is 4.57 Å². The van der Waals surface area contributed by atoms with Crippen LogP contribution < -0.4 is 0 Å². The van der Waals surface area contributed by atoms with Gasteiger partial charge in [-0.2, -0.15) is 0 Å². The number of hydrogen-bond donors (Lipinski definition) is 1. The Balaban J connectivity index is 2.21. The predicted molar refractivity (Wildman–Crippen MR) is 64.0 cm³/mol. The normalized spacial score (nSPS) is 10.8. The van der Waals surface area contributed by atoms with Gasteiger partial charge in [0.1, 0.15) is 0 Å². The monoisotopic (exact) mass is 209 g/mol. The summed E-state index contributed by atoms with van der Waals surface area (Å²) in [7, 11) is 0. The molecule has 0 aliphatic heterocycles. The average molecular weight is 209 g/mol. The molecule has 86 valence electrons. The largest absolute Gasteiger partial charge is 0.396 e. The minimum absolute atomic E-state index is 0.338. The Morgan fingerprint density at radius 2 is 2.00 bits per heavy atom. The van der Waals surface area contributed by atoms with Crippen molar-refractivity contribution in [1.29, 1.82) is 0 Å². The van der Waals surface area contributed by atoms with Gasteiger partial charge < -0.3 is 9.67 Å². The van der Waals surface area contributed by atoms with Gasteiger partial charge in [-0.3, -0.25) is 0 Å². The number of aliphatic hydroxyl groups is 1. The quantitative estimate of drug-likeness (QED) is 0.654. The van der Waals surface area contributed by atoms with Gasteiger partial charge in [0.05, 0.1) is 0 Å². The Morgan fingerprint density at radius 1 is 1.20 bits per heavy atom. The molecule has 1 rings (SSSR count). The van der Waals surface area contributed by atoms with Crippen LogP contribution in [0.3, 0.4) is 0 Å². The number of nitrogens with zero attached hydrogens (tertiary/aromatic N) is 1. The molecule has 1 aromatic heterocycles. The van der Waals surface area contributed by atoms with Crippen LogP contribution in [-0.2, 0) is 13.0 Å². The highest BCUT2D eigenvalue weighted by atomic mass is 16.2. The van der Waals surface area contributed by atoms with E-state index in [1.807, 2.05) is 0 Å². The van der Waals surface area contributed by atoms with Crippen LogP contribution in [0.4, 0.5) is 0 Å². The van der Waals surface area contributed by atoms with Crippen LogP contribution in [-0.4, -0.2) is 16.3 Å². The first-order valence-electron chi connectivity index (χ1n) is 6.13. The van der Waals surface area contributed by atoms with Gasteiger partial charge in [0.2, 0.25) is 0 Å². The molecule has 0 saturated carbocycles. The number of unbranched alkanes of at least 4 members (excludes halogenated alkanes) is 3. The Morgan fingerprint density at radius 3 is 2.73 bits per heavy atom. The first-order chi connectivity index (χ1) is 7.38. The lowest BCUT2D eigenvalue weighted by atomic mass is 10.2. The topological polar surface area (TPSA) is 25.2 Å². The Labute approximate surface area is 92.9 Å². The lowest BCUT2D eigenvalue weighted by molar-refractivity contribution is 0.282. The van der Waals surface area contributed by atoms with E-state index in [2.05, 4.69) is 29.8 Å². The first-order valence-corrected chi connectivity index (χ1v) is 6.13. The molecule has 0 spiro atoms. The van der Waals surface area contributed by atoms with E-state index < -0.39 is 0 Å². The van der Waals surface area contributed by atoms with Crippen molar-refractivity contribution in [3.05, 3.63) is 24.0 Å². The molecule has 0 atom stereocenters. The minimum Gasteiger partial charge on any atom is -0.396 e. The third-order valence-corrected chi connectivity index (χ3v) is 2.74. The van der Waals surface area contributed by atoms with Gasteiger partial charge in [-0.25, -0.2) is 0 Å². The van der Waals surface area contributed by atoms with Crippen molar-refractivity contribution in [2.45, 2.75) is 52.0 Å². The van der Waals surface area contributed by atoms with Crippen LogP contribution in [0.25, 0.3) is 0 Å². The molecule has 2 nitrogen and oxygen atoms in total. The van der Waals surface area contributed by atoms with Crippen LogP contribution in [0.2, 0.25) is 0 Å². The summed E-state index contributed by atoms with van der Waals surface area (Å²) in [6, 6.07) is 4.36. The molecule has 2 heteroatoms. The smallest absolute Gasteiger partial charge is 0.0431 e. The summed E-state index contributed by atoms with van der Waals surface area (Å²) in [5.74, 6) is 0. The molecule has 0 aliphatic carbocycles. The molecule has 0 aliphatic rings. The number of hydrogen-bond acceptors (Lipinski definition) is 1. The number of rotatable bonds is 8. The highest BCUT2D eigenvalue weighted by Gasteiger charge is 1.98. The Bertz CT molecular complexity index is 255. The molecule has 15 heavy (non-hydrogen) atoms. The average Bonchev–Trinajstić information content (AvgIpc) is 2.66. The third-order valence-electron chi connectivity index (χ3n) is 2.74. The van der Waals surface area contributed by atoms with Crippen LogP contribution in [0.1, 0.15) is 44.7 Å². The number of aryl methyl sites for hydroxylation is 2. The predicted octanol–water partition coefficient (Wildman–Crippen LogP) is 2.99. The van der Waals surface area contributed by atoms with Gasteiger partial charge in [0.25, 0.3) is 0 Å². The van der Waals surface area contributed by atoms with E-state index in [9.17, 15) is 0 Å². The zero-order valence-corrected chi connectivity index (χ0v) is 9.78. The van der Waals surface area contributed by atoms with Crippen LogP contribution in [0.15, 0.2) is 18.3 Å². The van der Waals surface area contributed by atoms with Gasteiger partial charge >= 0.3 is 0 Å². The van der Waals surface area contributed by atoms with Crippen LogP contribution in [0.5, 0.6) is 0 Å². The maximum atomic E-state index is 8.66. The molecule has 1 heterocycles. The lowest BCUT2D eigenvalue weighted by Gasteiger charge is -2.08. The summed E-state index contributed by atoms with van der Waals surface area (Å²) in [6.07, 6.45) is 9.14. The summed E-state index contributed by atoms with van der Waals surface area (Å²) in [5, 5.41) is 8.66. The molecular weight excluding hydrogens is 186 g/mol. The summed E-state index contributed by atoms with van der Waals surface area (Å²) < 4.78 is 2.36. The fourth-order valence-corrected chi connectivity index (χ4v) is 1.90. The second-order valence-corrected chi connectivity index (χ2v) is 4.08. The number of aliphatic hydroxyl groups excluding tert-OH is 1. The van der Waals surface area contributed by atoms with Crippen LogP contribution >= 0.6 is 0 Å². The third kappa shape index (κ3) is 4.52. The van der Waals surface area contributed by atoms with Crippen molar-refractivity contribution in [3.63, 3.8) is 0 Å². The van der Waals surface area contributed by atoms with Crippen molar-refractivity contribution < 1.29 is 5.11 Å². The van der Waals surface area contributed by atoms with Gasteiger partial charge in [-0.05, 0) is 31.4 Å². The maximum absolute atomic E-state index is 8.66. The molecule has 0 saturated heterocycles. The van der Waals surface area contributed by atoms with E-state index in [0.29, 0.717) is 6.61 Å². The van der Waals surface area contributed by atoms with Gasteiger partial charge in [-0.1, -0.05) is 26.2 Å². The molecule has 1 aromatic rings. The van der Waals surface area contributed by atoms with Crippen LogP contribution in [0, 0.1) is 0 Å². The Kier molecular flexibility index (Phi) is 6.17. The fourth-order valence-electron chi connectivity index (χ4n) is 1.90. The van der Waals surface area contributed by atoms with Gasteiger partial charge in [0, 0.05) is 25.0 Å². The zero-order valence-electron chi connectivity index (χ0n) is 9.78. The molecule has 0 bridgehead atoms. The van der Waals surface area contributed by atoms with Crippen molar-refractivity contribution in [2.24, 2.45) is 0 Å². The molecule has 0 radical (unpaired) electrons. The first kappa shape index (κ1) is 12.3. The van der Waals surface area contributed by atoms with E-state index in [1.54, 1.807) is 0 Å². The zero-order chi connectivity index (χ0) is 10.9. The second kappa shape index (κ2) is 7.52. The molecule has 0 fully saturated rings. The van der Waals surface area contributed by atoms with Crippen molar-refractivity contribution in [2.75, 3.05) is 6.61 Å². The van der Waals surface area contributed by atoms with Gasteiger partial charge in [0.15, 0.2) is 0 Å². The highest BCUT2D eigenvalue weighted by Crippen LogP contribution is 2.08. The maximum Gasteiger partial charge on any atom is 0.0431 e. The summed E-state index contributed by atoms with van der Waals surface area (Å²) >= 11 is 0. The van der Waals surface area contributed by atoms with E-state index in [4.69, 9.17) is 5.11 Å². The second-order valence-electron chi connectivity index (χ2n) is 4.08. The molecular formula is C13H23NO. The number of aromatic nitrogens is 1. The molecule has 0 unspecified atom stereocenters. The molecule has 1 N–H and O–H groups in total. The van der Waals surface area contributed by atoms with Gasteiger partial charge in [-0.15, -0.1) is 0 Å². The molecule has 0 aromatic carbocycles. The summed E-state index contributed by atoms with van der Waals surface area (Å²) in [5.41, 5.74) is 1.46. The van der Waals surface area contributed by atoms with Crippen molar-refractivity contribution >= 4 is 0 Å². The van der Waals surface area contributed by atoms with E-state index in [-0.39, 0.29) is 0 Å².